The molecule has 1 aliphatic carbocycles. The summed E-state index contributed by atoms with van der Waals surface area (Å²) in [7, 11) is 0. The molecule has 1 aromatic carbocycles. The van der Waals surface area contributed by atoms with E-state index in [1.165, 1.54) is 19.3 Å². The van der Waals surface area contributed by atoms with Crippen LogP contribution in [0.25, 0.3) is 0 Å². The highest BCUT2D eigenvalue weighted by atomic mass is 79.9. The lowest BCUT2D eigenvalue weighted by Crippen LogP contribution is -2.39. The van der Waals surface area contributed by atoms with Gasteiger partial charge in [0.25, 0.3) is 0 Å². The summed E-state index contributed by atoms with van der Waals surface area (Å²) in [5, 5.41) is 17.4. The van der Waals surface area contributed by atoms with Crippen LogP contribution in [0, 0.1) is 0 Å². The van der Waals surface area contributed by atoms with E-state index in [0.717, 1.165) is 12.8 Å². The number of oxime groups is 1. The zero-order valence-corrected chi connectivity index (χ0v) is 13.2. The number of nitrogens with zero attached hydrogens (tertiary/aromatic N) is 1. The lowest BCUT2D eigenvalue weighted by molar-refractivity contribution is 0.244. The molecule has 7 heteroatoms. The van der Waals surface area contributed by atoms with Crippen molar-refractivity contribution in [2.45, 2.75) is 38.1 Å². The van der Waals surface area contributed by atoms with Crippen molar-refractivity contribution in [3.05, 3.63) is 28.2 Å². The maximum atomic E-state index is 12.0. The van der Waals surface area contributed by atoms with Crippen LogP contribution in [0.2, 0.25) is 0 Å². The van der Waals surface area contributed by atoms with Crippen molar-refractivity contribution in [1.29, 1.82) is 0 Å². The molecule has 6 nitrogen and oxygen atoms in total. The number of halogens is 1. The van der Waals surface area contributed by atoms with Gasteiger partial charge in [0.2, 0.25) is 0 Å². The summed E-state index contributed by atoms with van der Waals surface area (Å²) in [6, 6.07) is 5.12. The van der Waals surface area contributed by atoms with Crippen LogP contribution in [0.4, 0.5) is 10.5 Å². The number of urea groups is 1. The average Bonchev–Trinajstić information content (AvgIpc) is 2.49. The molecule has 0 aromatic heterocycles. The second-order valence-corrected chi connectivity index (χ2v) is 5.97. The van der Waals surface area contributed by atoms with Gasteiger partial charge in [-0.2, -0.15) is 0 Å². The summed E-state index contributed by atoms with van der Waals surface area (Å²) < 4.78 is 0.672. The van der Waals surface area contributed by atoms with E-state index in [-0.39, 0.29) is 17.9 Å². The Morgan fingerprint density at radius 3 is 2.67 bits per heavy atom. The van der Waals surface area contributed by atoms with Crippen molar-refractivity contribution in [2.24, 2.45) is 10.9 Å². The maximum Gasteiger partial charge on any atom is 0.319 e. The fourth-order valence-electron chi connectivity index (χ4n) is 2.42. The molecule has 1 aliphatic rings. The molecule has 0 heterocycles. The monoisotopic (exact) mass is 354 g/mol. The summed E-state index contributed by atoms with van der Waals surface area (Å²) in [5.41, 5.74) is 6.73. The lowest BCUT2D eigenvalue weighted by Gasteiger charge is -2.23. The third kappa shape index (κ3) is 4.35. The van der Waals surface area contributed by atoms with Crippen LogP contribution in [-0.4, -0.2) is 23.1 Å². The van der Waals surface area contributed by atoms with Gasteiger partial charge >= 0.3 is 6.03 Å². The first kappa shape index (κ1) is 15.6. The smallest absolute Gasteiger partial charge is 0.319 e. The third-order valence-electron chi connectivity index (χ3n) is 3.56. The van der Waals surface area contributed by atoms with E-state index < -0.39 is 0 Å². The first-order chi connectivity index (χ1) is 10.1. The van der Waals surface area contributed by atoms with E-state index in [1.807, 2.05) is 0 Å². The minimum absolute atomic E-state index is 0.0221. The Morgan fingerprint density at radius 1 is 1.33 bits per heavy atom. The molecule has 0 atom stereocenters. The van der Waals surface area contributed by atoms with E-state index in [4.69, 9.17) is 10.9 Å². The Hall–Kier alpha value is -1.76. The third-order valence-corrected chi connectivity index (χ3v) is 4.22. The molecule has 2 rings (SSSR count). The predicted octanol–water partition coefficient (Wildman–Crippen LogP) is 3.00. The molecule has 1 fully saturated rings. The first-order valence-corrected chi connectivity index (χ1v) is 7.74. The first-order valence-electron chi connectivity index (χ1n) is 6.95. The second-order valence-electron chi connectivity index (χ2n) is 5.11. The van der Waals surface area contributed by atoms with Gasteiger partial charge < -0.3 is 21.6 Å². The van der Waals surface area contributed by atoms with Crippen LogP contribution >= 0.6 is 15.9 Å². The van der Waals surface area contributed by atoms with Crippen LogP contribution in [0.5, 0.6) is 0 Å². The van der Waals surface area contributed by atoms with Gasteiger partial charge in [0.15, 0.2) is 5.84 Å². The number of amidine groups is 1. The van der Waals surface area contributed by atoms with Crippen molar-refractivity contribution >= 4 is 33.5 Å². The highest BCUT2D eigenvalue weighted by molar-refractivity contribution is 9.10. The molecular weight excluding hydrogens is 336 g/mol. The molecule has 2 amide bonds. The number of anilines is 1. The van der Waals surface area contributed by atoms with E-state index >= 15 is 0 Å². The molecule has 0 aliphatic heterocycles. The topological polar surface area (TPSA) is 99.7 Å². The van der Waals surface area contributed by atoms with E-state index in [1.54, 1.807) is 18.2 Å². The molecular formula is C14H19BrN4O2. The normalized spacial score (nSPS) is 16.5. The SMILES string of the molecule is N/C(=N/O)c1ccc(NC(=O)NC2CCCCC2)c(Br)c1. The summed E-state index contributed by atoms with van der Waals surface area (Å²) in [5.74, 6) is 0.0221. The van der Waals surface area contributed by atoms with E-state index in [2.05, 4.69) is 31.7 Å². The number of nitrogens with one attached hydrogen (secondary N) is 2. The summed E-state index contributed by atoms with van der Waals surface area (Å²) >= 11 is 3.36. The predicted molar refractivity (Wildman–Crippen MR) is 85.7 cm³/mol. The Bertz CT molecular complexity index is 542. The zero-order chi connectivity index (χ0) is 15.2. The Kier molecular flexibility index (Phi) is 5.44. The van der Waals surface area contributed by atoms with Gasteiger partial charge in [-0.3, -0.25) is 0 Å². The summed E-state index contributed by atoms with van der Waals surface area (Å²) in [6.07, 6.45) is 5.67. The van der Waals surface area contributed by atoms with Gasteiger partial charge in [-0.05, 0) is 47.0 Å². The quantitative estimate of drug-likeness (QED) is 0.290. The number of amides is 2. The van der Waals surface area contributed by atoms with Gasteiger partial charge in [0.1, 0.15) is 0 Å². The molecule has 1 aromatic rings. The minimum Gasteiger partial charge on any atom is -0.409 e. The number of nitrogens with two attached hydrogens (primary N) is 1. The molecule has 21 heavy (non-hydrogen) atoms. The molecule has 5 N–H and O–H groups in total. The van der Waals surface area contributed by atoms with Gasteiger partial charge in [0.05, 0.1) is 5.69 Å². The van der Waals surface area contributed by atoms with E-state index in [9.17, 15) is 4.79 Å². The van der Waals surface area contributed by atoms with Crippen LogP contribution in [0.15, 0.2) is 27.8 Å². The van der Waals surface area contributed by atoms with Crippen LogP contribution in [-0.2, 0) is 0 Å². The number of hydrogen-bond acceptors (Lipinski definition) is 3. The van der Waals surface area contributed by atoms with Crippen molar-refractivity contribution in [1.82, 2.24) is 5.32 Å². The fraction of sp³-hybridized carbons (Fsp3) is 0.429. The number of rotatable bonds is 3. The molecule has 0 bridgehead atoms. The van der Waals surface area contributed by atoms with Crippen molar-refractivity contribution in [2.75, 3.05) is 5.32 Å². The van der Waals surface area contributed by atoms with Crippen LogP contribution < -0.4 is 16.4 Å². The molecule has 114 valence electrons. The fourth-order valence-corrected chi connectivity index (χ4v) is 2.90. The highest BCUT2D eigenvalue weighted by Crippen LogP contribution is 2.24. The number of carbonyl (C=O) groups is 1. The van der Waals surface area contributed by atoms with Gasteiger partial charge in [-0.25, -0.2) is 4.79 Å². The molecule has 1 saturated carbocycles. The Morgan fingerprint density at radius 2 is 2.05 bits per heavy atom. The number of hydrogen-bond donors (Lipinski definition) is 4. The highest BCUT2D eigenvalue weighted by Gasteiger charge is 2.16. The van der Waals surface area contributed by atoms with Gasteiger partial charge in [0, 0.05) is 16.1 Å². The summed E-state index contributed by atoms with van der Waals surface area (Å²) in [6.45, 7) is 0. The zero-order valence-electron chi connectivity index (χ0n) is 11.6. The van der Waals surface area contributed by atoms with E-state index in [0.29, 0.717) is 15.7 Å². The van der Waals surface area contributed by atoms with Gasteiger partial charge in [-0.15, -0.1) is 0 Å². The van der Waals surface area contributed by atoms with Crippen molar-refractivity contribution in [3.63, 3.8) is 0 Å². The minimum atomic E-state index is -0.209. The maximum absolute atomic E-state index is 12.0. The Labute approximate surface area is 131 Å². The molecule has 0 unspecified atom stereocenters. The van der Waals surface area contributed by atoms with Crippen LogP contribution in [0.3, 0.4) is 0 Å². The van der Waals surface area contributed by atoms with Crippen molar-refractivity contribution in [3.8, 4) is 0 Å². The second kappa shape index (κ2) is 7.31. The summed E-state index contributed by atoms with van der Waals surface area (Å²) in [4.78, 5) is 12.0. The lowest BCUT2D eigenvalue weighted by atomic mass is 9.96. The molecule has 0 radical (unpaired) electrons. The average molecular weight is 355 g/mol. The van der Waals surface area contributed by atoms with Crippen molar-refractivity contribution < 1.29 is 10.0 Å². The van der Waals surface area contributed by atoms with Crippen LogP contribution in [0.1, 0.15) is 37.7 Å². The molecule has 0 saturated heterocycles. The number of carbonyl (C=O) groups excluding carboxylic acids is 1. The molecule has 0 spiro atoms. The number of benzene rings is 1. The Balaban J connectivity index is 1.97. The van der Waals surface area contributed by atoms with Gasteiger partial charge in [-0.1, -0.05) is 24.4 Å². The largest absolute Gasteiger partial charge is 0.409 e. The standard InChI is InChI=1S/C14H19BrN4O2/c15-11-8-9(13(16)19-21)6-7-12(11)18-14(20)17-10-4-2-1-3-5-10/h6-8,10,21H,1-5H2,(H2,16,19)(H2,17,18,20).